The number of amides is 1. The quantitative estimate of drug-likeness (QED) is 0.415. The lowest BCUT2D eigenvalue weighted by Gasteiger charge is -2.45. The van der Waals surface area contributed by atoms with E-state index in [1.54, 1.807) is 15.8 Å². The summed E-state index contributed by atoms with van der Waals surface area (Å²) in [4.78, 5) is 14.2. The second-order valence-corrected chi connectivity index (χ2v) is 12.0. The van der Waals surface area contributed by atoms with Crippen molar-refractivity contribution < 1.29 is 22.7 Å². The molecule has 1 saturated carbocycles. The van der Waals surface area contributed by atoms with E-state index < -0.39 is 17.3 Å². The number of anilines is 1. The van der Waals surface area contributed by atoms with Gasteiger partial charge in [0.15, 0.2) is 0 Å². The van der Waals surface area contributed by atoms with Crippen LogP contribution in [0.25, 0.3) is 11.3 Å². The van der Waals surface area contributed by atoms with Crippen molar-refractivity contribution in [1.29, 1.82) is 5.26 Å². The number of hydrogen-bond acceptors (Lipinski definition) is 6. The van der Waals surface area contributed by atoms with Crippen LogP contribution in [0.4, 0.5) is 23.8 Å². The first-order valence-corrected chi connectivity index (χ1v) is 13.2. The number of alkyl halides is 3. The maximum atomic E-state index is 13.2. The standard InChI is InChI=1S/C27H29ClF3N7O2/c1-25(2,3)40-24(39)36-7-6-26(15-36)9-19(10-26)38-23(33)20(11-32)22(35-38)17-12-34-37(14-17)13-16-8-18(27(29,30)31)4-5-21(16)28/h4-5,8,12,14,19H,6-7,9-10,13,15,33H2,1-3H3. The molecule has 0 bridgehead atoms. The highest BCUT2D eigenvalue weighted by molar-refractivity contribution is 6.31. The Morgan fingerprint density at radius 1 is 1.30 bits per heavy atom. The predicted octanol–water partition coefficient (Wildman–Crippen LogP) is 5.88. The summed E-state index contributed by atoms with van der Waals surface area (Å²) in [5.74, 6) is 0.244. The third kappa shape index (κ3) is 5.35. The van der Waals surface area contributed by atoms with E-state index in [4.69, 9.17) is 22.1 Å². The van der Waals surface area contributed by atoms with Gasteiger partial charge >= 0.3 is 12.3 Å². The van der Waals surface area contributed by atoms with Gasteiger partial charge in [-0.15, -0.1) is 0 Å². The number of halogens is 4. The van der Waals surface area contributed by atoms with E-state index in [0.717, 1.165) is 31.4 Å². The van der Waals surface area contributed by atoms with Crippen molar-refractivity contribution >= 4 is 23.5 Å². The first-order valence-electron chi connectivity index (χ1n) is 12.8. The van der Waals surface area contributed by atoms with Gasteiger partial charge in [0.05, 0.1) is 24.3 Å². The molecule has 2 aliphatic rings. The monoisotopic (exact) mass is 575 g/mol. The van der Waals surface area contributed by atoms with E-state index in [0.29, 0.717) is 24.3 Å². The Bertz CT molecular complexity index is 1490. The van der Waals surface area contributed by atoms with Crippen LogP contribution in [0.1, 0.15) is 62.8 Å². The molecular formula is C27H29ClF3N7O2. The van der Waals surface area contributed by atoms with Crippen molar-refractivity contribution in [2.45, 2.75) is 64.4 Å². The topological polar surface area (TPSA) is 115 Å². The van der Waals surface area contributed by atoms with Gasteiger partial charge in [0.25, 0.3) is 0 Å². The van der Waals surface area contributed by atoms with Crippen LogP contribution in [-0.4, -0.2) is 49.2 Å². The summed E-state index contributed by atoms with van der Waals surface area (Å²) in [7, 11) is 0. The summed E-state index contributed by atoms with van der Waals surface area (Å²) < 4.78 is 48.1. The van der Waals surface area contributed by atoms with Crippen molar-refractivity contribution in [3.8, 4) is 17.3 Å². The lowest BCUT2D eigenvalue weighted by Crippen LogP contribution is -2.43. The molecule has 3 heterocycles. The molecule has 40 heavy (non-hydrogen) atoms. The molecule has 3 aromatic rings. The molecule has 0 radical (unpaired) electrons. The molecule has 212 valence electrons. The van der Waals surface area contributed by atoms with Crippen LogP contribution in [0.15, 0.2) is 30.6 Å². The number of rotatable bonds is 4. The zero-order valence-electron chi connectivity index (χ0n) is 22.3. The summed E-state index contributed by atoms with van der Waals surface area (Å²) >= 11 is 6.14. The molecular weight excluding hydrogens is 547 g/mol. The fourth-order valence-corrected chi connectivity index (χ4v) is 5.70. The molecule has 1 aliphatic carbocycles. The van der Waals surface area contributed by atoms with E-state index >= 15 is 0 Å². The Labute approximate surface area is 234 Å². The summed E-state index contributed by atoms with van der Waals surface area (Å²) in [5.41, 5.74) is 6.27. The van der Waals surface area contributed by atoms with Gasteiger partial charge in [0.1, 0.15) is 28.7 Å². The Kier molecular flexibility index (Phi) is 6.77. The second-order valence-electron chi connectivity index (χ2n) is 11.6. The van der Waals surface area contributed by atoms with Gasteiger partial charge in [-0.2, -0.15) is 28.6 Å². The number of likely N-dealkylation sites (tertiary alicyclic amines) is 1. The number of carbonyl (C=O) groups excluding carboxylic acids is 1. The van der Waals surface area contributed by atoms with Crippen molar-refractivity contribution in [1.82, 2.24) is 24.5 Å². The highest BCUT2D eigenvalue weighted by atomic mass is 35.5. The van der Waals surface area contributed by atoms with Crippen LogP contribution in [0.5, 0.6) is 0 Å². The molecule has 2 N–H and O–H groups in total. The number of nitriles is 1. The number of benzene rings is 1. The van der Waals surface area contributed by atoms with Gasteiger partial charge in [-0.25, -0.2) is 9.48 Å². The number of ether oxygens (including phenoxy) is 1. The largest absolute Gasteiger partial charge is 0.444 e. The molecule has 1 saturated heterocycles. The minimum atomic E-state index is -4.49. The van der Waals surface area contributed by atoms with Gasteiger partial charge in [-0.05, 0) is 69.2 Å². The molecule has 2 fully saturated rings. The van der Waals surface area contributed by atoms with Crippen molar-refractivity contribution in [3.05, 3.63) is 52.3 Å². The predicted molar refractivity (Wildman–Crippen MR) is 141 cm³/mol. The number of nitrogens with two attached hydrogens (primary N) is 1. The number of hydrogen-bond donors (Lipinski definition) is 1. The molecule has 9 nitrogen and oxygen atoms in total. The Morgan fingerprint density at radius 2 is 2.02 bits per heavy atom. The third-order valence-corrected chi connectivity index (χ3v) is 7.81. The zero-order valence-corrected chi connectivity index (χ0v) is 23.1. The zero-order chi connectivity index (χ0) is 29.0. The molecule has 2 aromatic heterocycles. The van der Waals surface area contributed by atoms with Gasteiger partial charge in [-0.3, -0.25) is 4.68 Å². The third-order valence-electron chi connectivity index (χ3n) is 7.44. The molecule has 0 unspecified atom stereocenters. The summed E-state index contributed by atoms with van der Waals surface area (Å²) in [5, 5.41) is 18.9. The Morgan fingerprint density at radius 3 is 2.67 bits per heavy atom. The minimum Gasteiger partial charge on any atom is -0.444 e. The molecule has 0 atom stereocenters. The van der Waals surface area contributed by atoms with Crippen LogP contribution in [0, 0.1) is 16.7 Å². The highest BCUT2D eigenvalue weighted by Crippen LogP contribution is 2.55. The summed E-state index contributed by atoms with van der Waals surface area (Å²) in [6, 6.07) is 5.23. The molecule has 1 amide bonds. The molecule has 1 spiro atoms. The summed E-state index contributed by atoms with van der Waals surface area (Å²) in [6.45, 7) is 6.74. The highest BCUT2D eigenvalue weighted by Gasteiger charge is 2.51. The normalized spacial score (nSPS) is 20.9. The first kappa shape index (κ1) is 27.8. The van der Waals surface area contributed by atoms with E-state index in [9.17, 15) is 23.2 Å². The summed E-state index contributed by atoms with van der Waals surface area (Å²) in [6.07, 6.45) is 0.656. The van der Waals surface area contributed by atoms with Crippen LogP contribution < -0.4 is 5.73 Å². The van der Waals surface area contributed by atoms with E-state index in [2.05, 4.69) is 16.3 Å². The lowest BCUT2D eigenvalue weighted by molar-refractivity contribution is -0.137. The van der Waals surface area contributed by atoms with Crippen molar-refractivity contribution in [2.75, 3.05) is 18.8 Å². The Hall–Kier alpha value is -3.72. The Balaban J connectivity index is 1.31. The average Bonchev–Trinajstić information content (AvgIpc) is 3.55. The number of aromatic nitrogens is 4. The van der Waals surface area contributed by atoms with Crippen LogP contribution in [-0.2, 0) is 17.5 Å². The van der Waals surface area contributed by atoms with Gasteiger partial charge < -0.3 is 15.4 Å². The average molecular weight is 576 g/mol. The SMILES string of the molecule is CC(C)(C)OC(=O)N1CCC2(CC(n3nc(-c4cnn(Cc5cc(C(F)(F)F)ccc5Cl)c4)c(C#N)c3N)C2)C1. The van der Waals surface area contributed by atoms with Gasteiger partial charge in [-0.1, -0.05) is 11.6 Å². The lowest BCUT2D eigenvalue weighted by atomic mass is 9.65. The van der Waals surface area contributed by atoms with Crippen molar-refractivity contribution in [2.24, 2.45) is 5.41 Å². The molecule has 1 aromatic carbocycles. The number of nitrogen functional groups attached to an aromatic ring is 1. The van der Waals surface area contributed by atoms with Crippen LogP contribution in [0.2, 0.25) is 5.02 Å². The van der Waals surface area contributed by atoms with E-state index in [-0.39, 0.29) is 46.1 Å². The first-order chi connectivity index (χ1) is 18.7. The van der Waals surface area contributed by atoms with Crippen LogP contribution >= 0.6 is 11.6 Å². The maximum Gasteiger partial charge on any atom is 0.416 e. The fraction of sp³-hybridized carbons (Fsp3) is 0.481. The molecule has 13 heteroatoms. The van der Waals surface area contributed by atoms with E-state index in [1.165, 1.54) is 16.9 Å². The van der Waals surface area contributed by atoms with Gasteiger partial charge in [0.2, 0.25) is 0 Å². The minimum absolute atomic E-state index is 0.000123. The number of nitrogens with zero attached hydrogens (tertiary/aromatic N) is 6. The number of carbonyl (C=O) groups is 1. The van der Waals surface area contributed by atoms with E-state index in [1.807, 2.05) is 20.8 Å². The maximum absolute atomic E-state index is 13.2. The van der Waals surface area contributed by atoms with Crippen LogP contribution in [0.3, 0.4) is 0 Å². The smallest absolute Gasteiger partial charge is 0.416 e. The molecule has 1 aliphatic heterocycles. The van der Waals surface area contributed by atoms with Crippen molar-refractivity contribution in [3.63, 3.8) is 0 Å². The fourth-order valence-electron chi connectivity index (χ4n) is 5.52. The molecule has 5 rings (SSSR count). The van der Waals surface area contributed by atoms with Gasteiger partial charge in [0, 0.05) is 29.9 Å². The second kappa shape index (κ2) is 9.73.